The Morgan fingerprint density at radius 2 is 0.229 bits per heavy atom. The first-order valence-corrected chi connectivity index (χ1v) is 55.7. The van der Waals surface area contributed by atoms with Crippen LogP contribution in [0, 0.1) is 94.7 Å². The van der Waals surface area contributed by atoms with Gasteiger partial charge in [0.1, 0.15) is 111 Å². The molecule has 0 aliphatic rings. The minimum absolute atomic E-state index is 0. The maximum atomic E-state index is 9.87. The molecule has 760 valence electrons. The van der Waals surface area contributed by atoms with Gasteiger partial charge >= 0.3 is 168 Å². The monoisotopic (exact) mass is 2380 g/mol. The van der Waals surface area contributed by atoms with Crippen molar-refractivity contribution in [1.29, 1.82) is 21.0 Å². The first-order chi connectivity index (χ1) is 66.1. The summed E-state index contributed by atoms with van der Waals surface area (Å²) in [5, 5.41) is 48.2. The smallest absolute Gasteiger partial charge is 0.366 e. The third-order valence-corrected chi connectivity index (χ3v) is 43.7. The van der Waals surface area contributed by atoms with Crippen molar-refractivity contribution in [3.63, 3.8) is 0 Å². The number of benzene rings is 16. The Hall–Kier alpha value is -10.6. The van der Waals surface area contributed by atoms with E-state index in [1.54, 1.807) is 24.3 Å². The van der Waals surface area contributed by atoms with Crippen molar-refractivity contribution < 1.29 is 153 Å². The molecular weight excluding hydrogens is 2280 g/mol. The van der Waals surface area contributed by atoms with Gasteiger partial charge in [-0.1, -0.05) is 291 Å². The van der Waals surface area contributed by atoms with Crippen LogP contribution in [0.3, 0.4) is 0 Å². The molecule has 0 fully saturated rings. The van der Waals surface area contributed by atoms with Crippen LogP contribution in [0.15, 0.2) is 485 Å². The van der Waals surface area contributed by atoms with E-state index < -0.39 is 63.1 Å². The number of halogens is 12. The molecule has 16 rings (SSSR count). The van der Waals surface area contributed by atoms with Crippen molar-refractivity contribution in [2.24, 2.45) is 0 Å². The van der Waals surface area contributed by atoms with Crippen molar-refractivity contribution in [3.05, 3.63) is 533 Å². The van der Waals surface area contributed by atoms with Crippen molar-refractivity contribution in [2.45, 2.75) is 38.0 Å². The van der Waals surface area contributed by atoms with E-state index in [9.17, 15) is 50.4 Å². The summed E-state index contributed by atoms with van der Waals surface area (Å²) in [6.07, 6.45) is 26.8. The molecule has 0 N–H and O–H groups in total. The molecule has 0 amide bonds. The van der Waals surface area contributed by atoms with Gasteiger partial charge in [-0.15, -0.1) is 70.8 Å². The fourth-order valence-electron chi connectivity index (χ4n) is 13.4. The second-order valence-corrected chi connectivity index (χ2v) is 51.2. The summed E-state index contributed by atoms with van der Waals surface area (Å²) in [6, 6.07) is 181. The fraction of sp³-hybridized carbons (Fsp3) is 0.0526. The summed E-state index contributed by atoms with van der Waals surface area (Å²) >= 11 is 0. The first-order valence-electron chi connectivity index (χ1n) is 42.2. The van der Waals surface area contributed by atoms with E-state index in [0.717, 1.165) is 22.3 Å². The van der Waals surface area contributed by atoms with Gasteiger partial charge in [0, 0.05) is 27.7 Å². The molecule has 0 spiro atoms. The standard InChI is InChI=1S/2C37H31P3.4C8H5.4C2H3N.6Cu.2F6P/c2*1-7-19-31(20-8-1)38(32-21-9-2-10-22-32)37(39(33-23-11-3-12-24-33)34-25-13-4-14-26-34)40(35-27-15-5-16-28-35)36-29-17-6-18-30-36;4*1-2-8-6-4-3-5-7-8;4*1-2-3;;;;;;;2*1-7(2,3,4,5)6/h2*1-30,37H;4*3-7H;4*1H3;;;;;;;;/q;;4*-1;;;;;6*+1;2*-1/p+6. The zero-order valence-electron chi connectivity index (χ0n) is 77.4. The Kier molecular flexibility index (Phi) is 66.9. The molecule has 0 radical (unpaired) electrons. The van der Waals surface area contributed by atoms with Crippen LogP contribution in [0.25, 0.3) is 0 Å². The number of nitriles is 4. The van der Waals surface area contributed by atoms with E-state index in [-0.39, 0.29) is 102 Å². The Balaban J connectivity index is 0. The fourth-order valence-corrected chi connectivity index (χ4v) is 44.9. The molecule has 16 aromatic rings. The molecule has 0 bridgehead atoms. The summed E-state index contributed by atoms with van der Waals surface area (Å²) in [5.41, 5.74) is 3.31. The van der Waals surface area contributed by atoms with Crippen molar-refractivity contribution in [1.82, 2.24) is 0 Å². The Morgan fingerprint density at radius 1 is 0.167 bits per heavy atom. The number of hydrogen-bond acceptors (Lipinski definition) is 4. The van der Waals surface area contributed by atoms with E-state index in [1.165, 1.54) is 91.3 Å². The molecule has 4 nitrogen and oxygen atoms in total. The molecule has 0 aliphatic carbocycles. The zero-order valence-corrected chi connectivity index (χ0v) is 90.8. The van der Waals surface area contributed by atoms with Crippen molar-refractivity contribution >= 4 is 127 Å². The van der Waals surface area contributed by atoms with Gasteiger partial charge in [-0.25, -0.2) is 0 Å². The maximum absolute atomic E-state index is 10.7. The van der Waals surface area contributed by atoms with E-state index in [2.05, 4.69) is 388 Å². The van der Waals surface area contributed by atoms with Crippen LogP contribution in [0.1, 0.15) is 49.9 Å². The number of rotatable bonds is 18. The molecule has 0 atom stereocenters. The van der Waals surface area contributed by atoms with Crippen LogP contribution in [0.2, 0.25) is 0 Å². The molecular formula is C114H100Cu6F12N4P8+6. The molecule has 16 aromatic carbocycles. The van der Waals surface area contributed by atoms with Gasteiger partial charge < -0.3 is 25.7 Å². The summed E-state index contributed by atoms with van der Waals surface area (Å²) in [5.74, 6) is 9.11. The van der Waals surface area contributed by atoms with Gasteiger partial charge in [-0.3, -0.25) is 23.7 Å². The average molecular weight is 2380 g/mol. The van der Waals surface area contributed by atoms with E-state index in [4.69, 9.17) is 46.7 Å². The van der Waals surface area contributed by atoms with E-state index >= 15 is 0 Å². The molecule has 0 unspecified atom stereocenters. The average Bonchev–Trinajstić information content (AvgIpc) is 0.760. The predicted molar refractivity (Wildman–Crippen MR) is 573 cm³/mol. The largest absolute Gasteiger partial charge is 1.00 e. The Bertz CT molecular complexity index is 5310. The minimum atomic E-state index is -10.7. The minimum Gasteiger partial charge on any atom is -0.366 e. The zero-order chi connectivity index (χ0) is 101. The third-order valence-electron chi connectivity index (χ3n) is 18.4. The van der Waals surface area contributed by atoms with E-state index in [1.807, 2.05) is 121 Å². The van der Waals surface area contributed by atoms with Crippen LogP contribution < -0.4 is 63.7 Å². The molecule has 30 heteroatoms. The quantitative estimate of drug-likeness (QED) is 0.0281. The van der Waals surface area contributed by atoms with E-state index in [0.29, 0.717) is 10.3 Å². The summed E-state index contributed by atoms with van der Waals surface area (Å²) in [7, 11) is -28.7. The molecule has 144 heavy (non-hydrogen) atoms. The normalized spacial score (nSPS) is 10.6. The molecule has 0 aromatic heterocycles. The molecule has 0 heterocycles. The molecule has 0 saturated heterocycles. The predicted octanol–water partition coefficient (Wildman–Crippen LogP) is 29.1. The summed E-state index contributed by atoms with van der Waals surface area (Å²) < 4.78 is 118. The van der Waals surface area contributed by atoms with Gasteiger partial charge in [0.05, 0.1) is 24.3 Å². The number of nitrogens with zero attached hydrogens (tertiary/aromatic N) is 4. The van der Waals surface area contributed by atoms with Crippen molar-refractivity contribution in [2.75, 3.05) is 0 Å². The maximum Gasteiger partial charge on any atom is 1.00 e. The van der Waals surface area contributed by atoms with Crippen LogP contribution in [0.5, 0.6) is 0 Å². The van der Waals surface area contributed by atoms with Crippen LogP contribution in [-0.4, -0.2) is 10.3 Å². The van der Waals surface area contributed by atoms with Crippen molar-refractivity contribution in [3.8, 4) is 48.0 Å². The summed E-state index contributed by atoms with van der Waals surface area (Å²) in [4.78, 5) is 0. The third kappa shape index (κ3) is 57.4. The Labute approximate surface area is 911 Å². The van der Waals surface area contributed by atoms with Gasteiger partial charge in [-0.2, -0.15) is 21.0 Å². The SMILES string of the molecule is CC#N.CC#N.CC#N.CC#N.F[P-](F)(F)(F)(F)F.F[P-](F)(F)(F)(F)F.[C-]#Cc1ccccc1.[C-]#Cc1ccccc1.[C-]#Cc1ccccc1.[C-]#Cc1ccccc1.[Cu+].[Cu+].[Cu+].[Cu+].[Cu+].[Cu+].c1ccc([PH+](c2ccccc2)C([PH+](c2ccccc2)c2ccccc2)[PH+](c2ccccc2)c2ccccc2)cc1.c1ccc([PH+](c2ccccc2)C([PH+](c2ccccc2)c2ccccc2)[PH+](c2ccccc2)c2ccccc2)cc1. The summed E-state index contributed by atoms with van der Waals surface area (Å²) in [6.45, 7) is 5.72. The van der Waals surface area contributed by atoms with Crippen LogP contribution in [-0.2, 0) is 102 Å². The van der Waals surface area contributed by atoms with Crippen LogP contribution >= 0.6 is 63.1 Å². The second-order valence-electron chi connectivity index (χ2n) is 28.5. The van der Waals surface area contributed by atoms with Crippen LogP contribution in [0.4, 0.5) is 50.4 Å². The van der Waals surface area contributed by atoms with Gasteiger partial charge in [-0.05, 0) is 146 Å². The molecule has 0 saturated carbocycles. The molecule has 0 aliphatic heterocycles. The second kappa shape index (κ2) is 71.1. The van der Waals surface area contributed by atoms with Gasteiger partial charge in [0.2, 0.25) is 0 Å². The van der Waals surface area contributed by atoms with Gasteiger partial charge in [0.25, 0.3) is 10.3 Å². The Morgan fingerprint density at radius 3 is 0.285 bits per heavy atom. The van der Waals surface area contributed by atoms with Gasteiger partial charge in [0.15, 0.2) is 0 Å². The topological polar surface area (TPSA) is 95.2 Å². The first kappa shape index (κ1) is 135. The number of hydrogen-bond donors (Lipinski definition) is 0.